The predicted molar refractivity (Wildman–Crippen MR) is 148 cm³/mol. The minimum Gasteiger partial charge on any atom is -0.478 e. The largest absolute Gasteiger partial charge is 0.478 e. The first-order valence-corrected chi connectivity index (χ1v) is 14.2. The van der Waals surface area contributed by atoms with Crippen LogP contribution in [0.25, 0.3) is 0 Å². The van der Waals surface area contributed by atoms with Crippen LogP contribution in [0, 0.1) is 11.8 Å². The summed E-state index contributed by atoms with van der Waals surface area (Å²) in [5.74, 6) is -2.88. The van der Waals surface area contributed by atoms with Crippen LogP contribution in [-0.2, 0) is 24.7 Å². The third-order valence-electron chi connectivity index (χ3n) is 8.21. The molecule has 0 aromatic heterocycles. The topological polar surface area (TPSA) is 74.7 Å². The van der Waals surface area contributed by atoms with E-state index >= 15 is 0 Å². The minimum absolute atomic E-state index is 0.213. The van der Waals surface area contributed by atoms with E-state index in [1.54, 1.807) is 12.1 Å². The molecule has 1 fully saturated rings. The minimum atomic E-state index is -1.01. The number of aromatic carboxylic acids is 1. The summed E-state index contributed by atoms with van der Waals surface area (Å²) in [6, 6.07) is 20.8. The van der Waals surface area contributed by atoms with Crippen molar-refractivity contribution in [2.24, 2.45) is 11.8 Å². The quantitative estimate of drug-likeness (QED) is 0.193. The molecule has 7 heteroatoms. The Morgan fingerprint density at radius 3 is 1.76 bits per heavy atom. The van der Waals surface area contributed by atoms with Crippen LogP contribution < -0.4 is 4.90 Å². The first kappa shape index (κ1) is 24.6. The smallest absolute Gasteiger partial charge is 0.335 e. The number of nitrogens with zero attached hydrogens (tertiary/aromatic N) is 1. The van der Waals surface area contributed by atoms with Gasteiger partial charge in [0, 0.05) is 0 Å². The average Bonchev–Trinajstić information content (AvgIpc) is 3.18. The fraction of sp³-hybridized carbons (Fsp3) is 0.300. The maximum Gasteiger partial charge on any atom is 0.335 e. The number of imide groups is 1. The molecule has 1 N–H and O–H groups in total. The highest BCUT2D eigenvalue weighted by atomic mass is 79.9. The predicted octanol–water partition coefficient (Wildman–Crippen LogP) is 6.53. The molecular formula is C30H25Br2NO4. The maximum atomic E-state index is 14.2. The zero-order valence-corrected chi connectivity index (χ0v) is 23.4. The monoisotopic (exact) mass is 621 g/mol. The fourth-order valence-corrected chi connectivity index (χ4v) is 8.93. The van der Waals surface area contributed by atoms with E-state index in [-0.39, 0.29) is 17.4 Å². The van der Waals surface area contributed by atoms with E-state index in [9.17, 15) is 19.5 Å². The number of carboxylic acids is 1. The van der Waals surface area contributed by atoms with Gasteiger partial charge in [0.05, 0.1) is 31.7 Å². The van der Waals surface area contributed by atoms with Crippen LogP contribution in [0.4, 0.5) is 5.69 Å². The van der Waals surface area contributed by atoms with Gasteiger partial charge in [0.25, 0.3) is 0 Å². The SMILES string of the molecule is CCCCCc1cc(N2C(=O)C3C(C2=O)C2(Br)c4ccccc4C3(Br)c3ccccc32)ccc1C(=O)O. The first-order valence-electron chi connectivity index (χ1n) is 12.6. The van der Waals surface area contributed by atoms with Gasteiger partial charge in [-0.2, -0.15) is 0 Å². The summed E-state index contributed by atoms with van der Waals surface area (Å²) in [5, 5.41) is 9.74. The van der Waals surface area contributed by atoms with Gasteiger partial charge < -0.3 is 5.11 Å². The molecule has 0 radical (unpaired) electrons. The first-order chi connectivity index (χ1) is 17.8. The van der Waals surface area contributed by atoms with Gasteiger partial charge in [-0.1, -0.05) is 100 Å². The molecule has 2 amide bonds. The lowest BCUT2D eigenvalue weighted by molar-refractivity contribution is -0.122. The molecule has 0 saturated carbocycles. The van der Waals surface area contributed by atoms with Crippen LogP contribution in [0.2, 0.25) is 0 Å². The summed E-state index contributed by atoms with van der Waals surface area (Å²) in [6.07, 6.45) is 3.40. The Kier molecular flexibility index (Phi) is 5.73. The van der Waals surface area contributed by atoms with Crippen molar-refractivity contribution in [1.29, 1.82) is 0 Å². The number of unbranched alkanes of at least 4 members (excludes halogenated alkanes) is 2. The number of carboxylic acid groups (broad SMARTS) is 1. The molecule has 1 saturated heterocycles. The molecule has 1 aliphatic heterocycles. The normalized spacial score (nSPS) is 27.2. The van der Waals surface area contributed by atoms with Crippen molar-refractivity contribution in [3.05, 3.63) is 100 Å². The summed E-state index contributed by atoms with van der Waals surface area (Å²) in [7, 11) is 0. The number of hydrogen-bond acceptors (Lipinski definition) is 3. The van der Waals surface area contributed by atoms with E-state index in [1.165, 1.54) is 11.0 Å². The van der Waals surface area contributed by atoms with E-state index in [0.717, 1.165) is 41.5 Å². The Morgan fingerprint density at radius 1 is 0.838 bits per heavy atom. The molecule has 4 aliphatic rings. The van der Waals surface area contributed by atoms with Crippen molar-refractivity contribution in [3.63, 3.8) is 0 Å². The lowest BCUT2D eigenvalue weighted by Gasteiger charge is -2.55. The third-order valence-corrected chi connectivity index (χ3v) is 10.9. The number of carbonyl (C=O) groups excluding carboxylic acids is 2. The van der Waals surface area contributed by atoms with Gasteiger partial charge in [0.1, 0.15) is 0 Å². The molecule has 188 valence electrons. The Labute approximate surface area is 232 Å². The summed E-state index contributed by atoms with van der Waals surface area (Å²) < 4.78 is -1.71. The zero-order valence-electron chi connectivity index (χ0n) is 20.2. The number of carbonyl (C=O) groups is 3. The number of benzene rings is 3. The number of anilines is 1. The van der Waals surface area contributed by atoms with Crippen LogP contribution in [0.15, 0.2) is 66.7 Å². The van der Waals surface area contributed by atoms with Crippen molar-refractivity contribution >= 4 is 55.3 Å². The van der Waals surface area contributed by atoms with Crippen LogP contribution >= 0.6 is 31.9 Å². The highest BCUT2D eigenvalue weighted by Crippen LogP contribution is 2.70. The molecule has 5 nitrogen and oxygen atoms in total. The highest BCUT2D eigenvalue weighted by Gasteiger charge is 2.72. The van der Waals surface area contributed by atoms with Crippen molar-refractivity contribution in [3.8, 4) is 0 Å². The van der Waals surface area contributed by atoms with E-state index in [1.807, 2.05) is 48.5 Å². The zero-order chi connectivity index (χ0) is 26.1. The average molecular weight is 623 g/mol. The second-order valence-corrected chi connectivity index (χ2v) is 12.6. The standard InChI is InChI=1S/C30H25Br2NO4/c1-2-3-4-9-17-16-18(14-15-19(17)28(36)37)33-26(34)24-25(27(33)35)30(32)21-11-6-5-10-20(21)29(24,31)22-12-7-8-13-23(22)30/h5-8,10-16,24-25H,2-4,9H2,1H3,(H,36,37). The number of amides is 2. The molecule has 3 aliphatic carbocycles. The van der Waals surface area contributed by atoms with Crippen LogP contribution in [-0.4, -0.2) is 22.9 Å². The van der Waals surface area contributed by atoms with Gasteiger partial charge >= 0.3 is 5.97 Å². The highest BCUT2D eigenvalue weighted by molar-refractivity contribution is 9.10. The van der Waals surface area contributed by atoms with Gasteiger partial charge in [-0.3, -0.25) is 9.59 Å². The third kappa shape index (κ3) is 3.16. The number of alkyl halides is 2. The molecular weight excluding hydrogens is 598 g/mol. The Hall–Kier alpha value is -2.77. The molecule has 3 aromatic carbocycles. The molecule has 1 heterocycles. The summed E-state index contributed by atoms with van der Waals surface area (Å²) >= 11 is 8.04. The van der Waals surface area contributed by atoms with Crippen molar-refractivity contribution < 1.29 is 19.5 Å². The molecule has 2 atom stereocenters. The molecule has 2 bridgehead atoms. The number of halogens is 2. The lowest BCUT2D eigenvalue weighted by Crippen LogP contribution is -2.56. The number of hydrogen-bond donors (Lipinski definition) is 1. The van der Waals surface area contributed by atoms with E-state index in [4.69, 9.17) is 0 Å². The van der Waals surface area contributed by atoms with Gasteiger partial charge in [0.2, 0.25) is 11.8 Å². The van der Waals surface area contributed by atoms with E-state index in [0.29, 0.717) is 17.7 Å². The van der Waals surface area contributed by atoms with E-state index in [2.05, 4.69) is 38.8 Å². The fourth-order valence-electron chi connectivity index (χ4n) is 6.62. The molecule has 7 rings (SSSR count). The number of rotatable bonds is 6. The van der Waals surface area contributed by atoms with Crippen LogP contribution in [0.5, 0.6) is 0 Å². The Balaban J connectivity index is 1.52. The van der Waals surface area contributed by atoms with Crippen LogP contribution in [0.1, 0.15) is 64.4 Å². The van der Waals surface area contributed by atoms with Gasteiger partial charge in [-0.05, 0) is 58.9 Å². The molecule has 2 unspecified atom stereocenters. The van der Waals surface area contributed by atoms with Crippen LogP contribution in [0.3, 0.4) is 0 Å². The summed E-state index contributed by atoms with van der Waals surface area (Å²) in [6.45, 7) is 2.09. The van der Waals surface area contributed by atoms with Crippen molar-refractivity contribution in [2.45, 2.75) is 41.3 Å². The lowest BCUT2D eigenvalue weighted by atomic mass is 9.54. The Bertz CT molecular complexity index is 1360. The summed E-state index contributed by atoms with van der Waals surface area (Å²) in [5.41, 5.74) is 5.22. The maximum absolute atomic E-state index is 14.2. The van der Waals surface area contributed by atoms with Gasteiger partial charge in [0.15, 0.2) is 0 Å². The van der Waals surface area contributed by atoms with Crippen molar-refractivity contribution in [2.75, 3.05) is 4.90 Å². The molecule has 3 aromatic rings. The Morgan fingerprint density at radius 2 is 1.32 bits per heavy atom. The van der Waals surface area contributed by atoms with Gasteiger partial charge in [-0.25, -0.2) is 9.69 Å². The molecule has 0 spiro atoms. The van der Waals surface area contributed by atoms with Crippen molar-refractivity contribution in [1.82, 2.24) is 0 Å². The molecule has 37 heavy (non-hydrogen) atoms. The second kappa shape index (κ2) is 8.63. The summed E-state index contributed by atoms with van der Waals surface area (Å²) in [4.78, 5) is 41.6. The van der Waals surface area contributed by atoms with E-state index < -0.39 is 26.5 Å². The second-order valence-electron chi connectivity index (χ2n) is 10.1. The van der Waals surface area contributed by atoms with Gasteiger partial charge in [-0.15, -0.1) is 0 Å². The number of aryl methyl sites for hydroxylation is 1.